The summed E-state index contributed by atoms with van der Waals surface area (Å²) >= 11 is 0. The predicted octanol–water partition coefficient (Wildman–Crippen LogP) is 1.20. The van der Waals surface area contributed by atoms with E-state index in [2.05, 4.69) is 4.98 Å². The van der Waals surface area contributed by atoms with E-state index in [4.69, 9.17) is 21.4 Å². The molecule has 0 fully saturated rings. The number of nitrogens with two attached hydrogens (primary N) is 1. The molecule has 0 aliphatic rings. The lowest BCUT2D eigenvalue weighted by molar-refractivity contribution is 0.0697. The Morgan fingerprint density at radius 3 is 2.41 bits per heavy atom. The monoisotopic (exact) mass is 298 g/mol. The Kier molecular flexibility index (Phi) is 3.61. The highest BCUT2D eigenvalue weighted by molar-refractivity contribution is 5.98. The SMILES string of the molecule is N#Cc1c(N)[nH]c(=O)c(C#N)c1-c1c(F)cccc1C(=O)O. The zero-order valence-electron chi connectivity index (χ0n) is 10.8. The Labute approximate surface area is 122 Å². The van der Waals surface area contributed by atoms with Crippen LogP contribution in [-0.2, 0) is 0 Å². The fraction of sp³-hybridized carbons (Fsp3) is 0. The van der Waals surface area contributed by atoms with Crippen LogP contribution >= 0.6 is 0 Å². The zero-order chi connectivity index (χ0) is 16.4. The number of hydrogen-bond donors (Lipinski definition) is 3. The summed E-state index contributed by atoms with van der Waals surface area (Å²) in [6.45, 7) is 0. The number of aromatic amines is 1. The molecule has 0 saturated heterocycles. The molecule has 1 aromatic heterocycles. The number of hydrogen-bond acceptors (Lipinski definition) is 5. The van der Waals surface area contributed by atoms with E-state index in [1.807, 2.05) is 0 Å². The zero-order valence-corrected chi connectivity index (χ0v) is 10.8. The van der Waals surface area contributed by atoms with E-state index in [0.29, 0.717) is 0 Å². The van der Waals surface area contributed by atoms with E-state index in [0.717, 1.165) is 18.2 Å². The number of rotatable bonds is 2. The molecule has 1 aromatic carbocycles. The van der Waals surface area contributed by atoms with Crippen LogP contribution in [0.4, 0.5) is 10.2 Å². The third kappa shape index (κ3) is 2.15. The Balaban J connectivity index is 3.10. The Morgan fingerprint density at radius 1 is 1.23 bits per heavy atom. The van der Waals surface area contributed by atoms with E-state index < -0.39 is 39.6 Å². The van der Waals surface area contributed by atoms with Gasteiger partial charge in [-0.3, -0.25) is 4.79 Å². The van der Waals surface area contributed by atoms with E-state index in [1.165, 1.54) is 0 Å². The van der Waals surface area contributed by atoms with E-state index in [9.17, 15) is 14.0 Å². The summed E-state index contributed by atoms with van der Waals surface area (Å²) in [5.74, 6) is -2.83. The summed E-state index contributed by atoms with van der Waals surface area (Å²) in [5.41, 5.74) is 2.18. The highest BCUT2D eigenvalue weighted by atomic mass is 19.1. The summed E-state index contributed by atoms with van der Waals surface area (Å²) in [6.07, 6.45) is 0. The maximum atomic E-state index is 14.2. The molecule has 2 aromatic rings. The number of carboxylic acids is 1. The number of carboxylic acid groups (broad SMARTS) is 1. The molecule has 0 aliphatic carbocycles. The number of nitrogens with one attached hydrogen (secondary N) is 1. The lowest BCUT2D eigenvalue weighted by Crippen LogP contribution is -2.17. The van der Waals surface area contributed by atoms with Crippen LogP contribution in [-0.4, -0.2) is 16.1 Å². The van der Waals surface area contributed by atoms with Crippen LogP contribution in [0.25, 0.3) is 11.1 Å². The van der Waals surface area contributed by atoms with Gasteiger partial charge in [-0.2, -0.15) is 10.5 Å². The van der Waals surface area contributed by atoms with Crippen LogP contribution in [0.3, 0.4) is 0 Å². The molecule has 0 aliphatic heterocycles. The Morgan fingerprint density at radius 2 is 1.86 bits per heavy atom. The highest BCUT2D eigenvalue weighted by Gasteiger charge is 2.25. The molecule has 2 rings (SSSR count). The standard InChI is InChI=1S/C14H7FN4O3/c15-9-3-1-2-6(14(21)22)11(9)10-7(4-16)12(18)19-13(20)8(10)5-17/h1-3H,(H,21,22)(H3,18,19,20). The third-order valence-corrected chi connectivity index (χ3v) is 2.96. The van der Waals surface area contributed by atoms with Gasteiger partial charge in [0.05, 0.1) is 5.56 Å². The van der Waals surface area contributed by atoms with E-state index in [-0.39, 0.29) is 11.4 Å². The fourth-order valence-electron chi connectivity index (χ4n) is 2.05. The van der Waals surface area contributed by atoms with Crippen molar-refractivity contribution in [2.75, 3.05) is 5.73 Å². The van der Waals surface area contributed by atoms with Gasteiger partial charge in [-0.1, -0.05) is 6.07 Å². The van der Waals surface area contributed by atoms with Gasteiger partial charge in [-0.25, -0.2) is 9.18 Å². The number of nitrogens with zero attached hydrogens (tertiary/aromatic N) is 2. The van der Waals surface area contributed by atoms with Crippen LogP contribution in [0.5, 0.6) is 0 Å². The minimum atomic E-state index is -1.47. The van der Waals surface area contributed by atoms with Crippen molar-refractivity contribution in [1.82, 2.24) is 4.98 Å². The molecule has 7 nitrogen and oxygen atoms in total. The molecule has 0 radical (unpaired) electrons. The van der Waals surface area contributed by atoms with Crippen molar-refractivity contribution in [2.24, 2.45) is 0 Å². The van der Waals surface area contributed by atoms with Gasteiger partial charge in [0.15, 0.2) is 0 Å². The van der Waals surface area contributed by atoms with Crippen molar-refractivity contribution in [1.29, 1.82) is 10.5 Å². The predicted molar refractivity (Wildman–Crippen MR) is 73.3 cm³/mol. The quantitative estimate of drug-likeness (QED) is 0.759. The number of aromatic nitrogens is 1. The van der Waals surface area contributed by atoms with Crippen molar-refractivity contribution >= 4 is 11.8 Å². The van der Waals surface area contributed by atoms with Gasteiger partial charge in [0.1, 0.15) is 34.9 Å². The van der Waals surface area contributed by atoms with Crippen LogP contribution in [0.1, 0.15) is 21.5 Å². The number of anilines is 1. The molecule has 8 heteroatoms. The second kappa shape index (κ2) is 5.38. The number of halogens is 1. The number of benzene rings is 1. The van der Waals surface area contributed by atoms with Crippen LogP contribution in [0.2, 0.25) is 0 Å². The first-order chi connectivity index (χ1) is 10.4. The average molecular weight is 298 g/mol. The van der Waals surface area contributed by atoms with Crippen molar-refractivity contribution in [3.63, 3.8) is 0 Å². The van der Waals surface area contributed by atoms with Crippen molar-refractivity contribution < 1.29 is 14.3 Å². The number of nitriles is 2. The van der Waals surface area contributed by atoms with E-state index in [1.54, 1.807) is 12.1 Å². The highest BCUT2D eigenvalue weighted by Crippen LogP contribution is 2.33. The maximum Gasteiger partial charge on any atom is 0.336 e. The molecule has 0 amide bonds. The lowest BCUT2D eigenvalue weighted by Gasteiger charge is -2.12. The van der Waals surface area contributed by atoms with Gasteiger partial charge in [-0.05, 0) is 12.1 Å². The molecule has 0 bridgehead atoms. The second-order valence-corrected chi connectivity index (χ2v) is 4.18. The summed E-state index contributed by atoms with van der Waals surface area (Å²) < 4.78 is 14.2. The first kappa shape index (κ1) is 14.8. The largest absolute Gasteiger partial charge is 0.478 e. The minimum absolute atomic E-state index is 0.372. The van der Waals surface area contributed by atoms with Gasteiger partial charge >= 0.3 is 5.97 Å². The molecule has 1 heterocycles. The molecular weight excluding hydrogens is 291 g/mol. The summed E-state index contributed by atoms with van der Waals surface area (Å²) in [7, 11) is 0. The topological polar surface area (TPSA) is 144 Å². The normalized spacial score (nSPS) is 9.77. The first-order valence-electron chi connectivity index (χ1n) is 5.80. The van der Waals surface area contributed by atoms with E-state index >= 15 is 0 Å². The van der Waals surface area contributed by atoms with Crippen LogP contribution < -0.4 is 11.3 Å². The summed E-state index contributed by atoms with van der Waals surface area (Å²) in [6, 6.07) is 6.42. The van der Waals surface area contributed by atoms with Crippen LogP contribution in [0.15, 0.2) is 23.0 Å². The average Bonchev–Trinajstić information content (AvgIpc) is 2.46. The number of aromatic carboxylic acids is 1. The van der Waals surface area contributed by atoms with Crippen LogP contribution in [0, 0.1) is 28.5 Å². The minimum Gasteiger partial charge on any atom is -0.478 e. The number of nitrogen functional groups attached to an aromatic ring is 1. The number of pyridine rings is 1. The molecule has 4 N–H and O–H groups in total. The molecule has 108 valence electrons. The Bertz CT molecular complexity index is 935. The van der Waals surface area contributed by atoms with Gasteiger partial charge in [-0.15, -0.1) is 0 Å². The molecule has 0 spiro atoms. The fourth-order valence-corrected chi connectivity index (χ4v) is 2.05. The smallest absolute Gasteiger partial charge is 0.336 e. The van der Waals surface area contributed by atoms with Gasteiger partial charge in [0.25, 0.3) is 5.56 Å². The van der Waals surface area contributed by atoms with Gasteiger partial charge in [0, 0.05) is 11.1 Å². The molecule has 0 unspecified atom stereocenters. The third-order valence-electron chi connectivity index (χ3n) is 2.96. The van der Waals surface area contributed by atoms with Gasteiger partial charge < -0.3 is 15.8 Å². The summed E-state index contributed by atoms with van der Waals surface area (Å²) in [5, 5.41) is 27.4. The lowest BCUT2D eigenvalue weighted by atomic mass is 9.92. The summed E-state index contributed by atoms with van der Waals surface area (Å²) in [4.78, 5) is 25.2. The van der Waals surface area contributed by atoms with Crippen molar-refractivity contribution in [3.05, 3.63) is 51.1 Å². The number of carbonyl (C=O) groups is 1. The molecule has 22 heavy (non-hydrogen) atoms. The molecule has 0 atom stereocenters. The number of H-pyrrole nitrogens is 1. The van der Waals surface area contributed by atoms with Gasteiger partial charge in [0.2, 0.25) is 0 Å². The molecular formula is C14H7FN4O3. The Hall–Kier alpha value is -3.65. The first-order valence-corrected chi connectivity index (χ1v) is 5.80. The molecule has 0 saturated carbocycles. The van der Waals surface area contributed by atoms with Crippen molar-refractivity contribution in [3.8, 4) is 23.3 Å². The maximum absolute atomic E-state index is 14.2. The van der Waals surface area contributed by atoms with Crippen molar-refractivity contribution in [2.45, 2.75) is 0 Å². The second-order valence-electron chi connectivity index (χ2n) is 4.18.